The highest BCUT2D eigenvalue weighted by Gasteiger charge is 2.37. The van der Waals surface area contributed by atoms with E-state index >= 15 is 0 Å². The van der Waals surface area contributed by atoms with Crippen LogP contribution in [-0.2, 0) is 9.47 Å². The van der Waals surface area contributed by atoms with Gasteiger partial charge in [-0.3, -0.25) is 0 Å². The van der Waals surface area contributed by atoms with Gasteiger partial charge in [0.2, 0.25) is 0 Å². The molecule has 1 heterocycles. The number of aliphatic hydroxyl groups is 3. The van der Waals surface area contributed by atoms with E-state index in [1.165, 1.54) is 64.2 Å². The van der Waals surface area contributed by atoms with Gasteiger partial charge in [-0.05, 0) is 19.3 Å². The minimum absolute atomic E-state index is 0.0328. The fraction of sp³-hybridized carbons (Fsp3) is 0.909. The summed E-state index contributed by atoms with van der Waals surface area (Å²) in [5.74, 6) is 0. The summed E-state index contributed by atoms with van der Waals surface area (Å²) in [6.07, 6.45) is 16.1. The summed E-state index contributed by atoms with van der Waals surface area (Å²) in [6.45, 7) is 3.10. The van der Waals surface area contributed by atoms with Crippen LogP contribution in [0.4, 0.5) is 0 Å². The monoisotopic (exact) mass is 386 g/mol. The van der Waals surface area contributed by atoms with E-state index < -0.39 is 24.4 Å². The van der Waals surface area contributed by atoms with Crippen molar-refractivity contribution in [3.63, 3.8) is 0 Å². The first-order valence-electron chi connectivity index (χ1n) is 11.0. The highest BCUT2D eigenvalue weighted by Crippen LogP contribution is 2.16. The lowest BCUT2D eigenvalue weighted by Gasteiger charge is -2.35. The van der Waals surface area contributed by atoms with E-state index in [9.17, 15) is 15.3 Å². The van der Waals surface area contributed by atoms with Gasteiger partial charge in [0.1, 0.15) is 24.4 Å². The van der Waals surface area contributed by atoms with Crippen LogP contribution < -0.4 is 0 Å². The van der Waals surface area contributed by atoms with E-state index in [1.54, 1.807) is 0 Å². The summed E-state index contributed by atoms with van der Waals surface area (Å²) in [5.41, 5.74) is 0. The standard InChI is InChI=1S/C22H42O5/c1-2-3-4-5-6-7-8-9-10-11-12-13-14-15-16-26-18-20-22(25)21(24)19(23)17-27-20/h13-14,19-25H,2-12,15-18H2,1H3/b14-13+/t19-,20+,21+,22+/m1/s1. The van der Waals surface area contributed by atoms with Crippen molar-refractivity contribution < 1.29 is 24.8 Å². The molecule has 1 aliphatic heterocycles. The lowest BCUT2D eigenvalue weighted by atomic mass is 10.0. The maximum atomic E-state index is 9.80. The molecule has 0 aliphatic carbocycles. The first kappa shape index (κ1) is 24.6. The van der Waals surface area contributed by atoms with Crippen LogP contribution in [0.2, 0.25) is 0 Å². The highest BCUT2D eigenvalue weighted by molar-refractivity contribution is 4.86. The second-order valence-electron chi connectivity index (χ2n) is 7.73. The number of ether oxygens (including phenoxy) is 2. The van der Waals surface area contributed by atoms with Crippen molar-refractivity contribution in [3.05, 3.63) is 12.2 Å². The normalized spacial score (nSPS) is 26.1. The highest BCUT2D eigenvalue weighted by atomic mass is 16.6. The second-order valence-corrected chi connectivity index (χ2v) is 7.73. The third-order valence-electron chi connectivity index (χ3n) is 5.21. The Morgan fingerprint density at radius 3 is 2.07 bits per heavy atom. The van der Waals surface area contributed by atoms with Crippen LogP contribution in [0.3, 0.4) is 0 Å². The minimum Gasteiger partial charge on any atom is -0.388 e. The maximum absolute atomic E-state index is 9.80. The Morgan fingerprint density at radius 1 is 0.815 bits per heavy atom. The lowest BCUT2D eigenvalue weighted by Crippen LogP contribution is -2.54. The van der Waals surface area contributed by atoms with Crippen molar-refractivity contribution >= 4 is 0 Å². The number of aliphatic hydroxyl groups excluding tert-OH is 3. The molecule has 5 nitrogen and oxygen atoms in total. The number of hydrogen-bond acceptors (Lipinski definition) is 5. The number of unbranched alkanes of at least 4 members (excludes halogenated alkanes) is 10. The molecule has 0 radical (unpaired) electrons. The average molecular weight is 387 g/mol. The van der Waals surface area contributed by atoms with Crippen LogP contribution in [0.15, 0.2) is 12.2 Å². The molecule has 0 aromatic carbocycles. The Kier molecular flexibility index (Phi) is 15.0. The van der Waals surface area contributed by atoms with Crippen LogP contribution in [0.1, 0.15) is 84.0 Å². The molecular weight excluding hydrogens is 344 g/mol. The van der Waals surface area contributed by atoms with Gasteiger partial charge >= 0.3 is 0 Å². The molecule has 0 saturated carbocycles. The Hall–Kier alpha value is -0.460. The van der Waals surface area contributed by atoms with E-state index in [-0.39, 0.29) is 13.2 Å². The molecule has 0 aromatic rings. The van der Waals surface area contributed by atoms with Crippen molar-refractivity contribution in [1.82, 2.24) is 0 Å². The van der Waals surface area contributed by atoms with Crippen LogP contribution in [0.5, 0.6) is 0 Å². The van der Waals surface area contributed by atoms with E-state index in [1.807, 2.05) is 0 Å². The molecule has 160 valence electrons. The van der Waals surface area contributed by atoms with Crippen molar-refractivity contribution in [2.45, 2.75) is 108 Å². The zero-order valence-corrected chi connectivity index (χ0v) is 17.2. The van der Waals surface area contributed by atoms with E-state index in [0.717, 1.165) is 12.8 Å². The molecule has 0 spiro atoms. The Morgan fingerprint density at radius 2 is 1.41 bits per heavy atom. The van der Waals surface area contributed by atoms with E-state index in [0.29, 0.717) is 6.61 Å². The van der Waals surface area contributed by atoms with Gasteiger partial charge in [0.05, 0.1) is 19.8 Å². The molecule has 0 unspecified atom stereocenters. The van der Waals surface area contributed by atoms with Crippen LogP contribution >= 0.6 is 0 Å². The first-order valence-corrected chi connectivity index (χ1v) is 11.0. The topological polar surface area (TPSA) is 79.2 Å². The summed E-state index contributed by atoms with van der Waals surface area (Å²) in [7, 11) is 0. The maximum Gasteiger partial charge on any atom is 0.111 e. The van der Waals surface area contributed by atoms with Crippen LogP contribution in [0, 0.1) is 0 Å². The molecule has 1 rings (SSSR count). The molecule has 1 saturated heterocycles. The predicted octanol–water partition coefficient (Wildman–Crippen LogP) is 3.74. The fourth-order valence-corrected chi connectivity index (χ4v) is 3.35. The van der Waals surface area contributed by atoms with Crippen LogP contribution in [0.25, 0.3) is 0 Å². The van der Waals surface area contributed by atoms with Crippen LogP contribution in [-0.4, -0.2) is 59.6 Å². The molecule has 1 fully saturated rings. The molecule has 0 aromatic heterocycles. The van der Waals surface area contributed by atoms with E-state index in [2.05, 4.69) is 19.1 Å². The van der Waals surface area contributed by atoms with Gasteiger partial charge in [-0.1, -0.05) is 76.9 Å². The molecule has 27 heavy (non-hydrogen) atoms. The average Bonchev–Trinajstić information content (AvgIpc) is 2.67. The third-order valence-corrected chi connectivity index (χ3v) is 5.21. The molecular formula is C22H42O5. The Labute approximate surface area is 165 Å². The van der Waals surface area contributed by atoms with Gasteiger partial charge in [-0.2, -0.15) is 0 Å². The predicted molar refractivity (Wildman–Crippen MR) is 109 cm³/mol. The Balaban J connectivity index is 1.84. The third kappa shape index (κ3) is 11.9. The molecule has 1 aliphatic rings. The summed E-state index contributed by atoms with van der Waals surface area (Å²) < 4.78 is 10.8. The Bertz CT molecular complexity index is 361. The van der Waals surface area contributed by atoms with Crippen molar-refractivity contribution in [2.75, 3.05) is 19.8 Å². The van der Waals surface area contributed by atoms with Gasteiger partial charge < -0.3 is 24.8 Å². The zero-order valence-electron chi connectivity index (χ0n) is 17.2. The van der Waals surface area contributed by atoms with Gasteiger partial charge in [0, 0.05) is 0 Å². The molecule has 4 atom stereocenters. The lowest BCUT2D eigenvalue weighted by molar-refractivity contribution is -0.199. The molecule has 0 amide bonds. The van der Waals surface area contributed by atoms with Gasteiger partial charge in [-0.25, -0.2) is 0 Å². The van der Waals surface area contributed by atoms with Crippen molar-refractivity contribution in [1.29, 1.82) is 0 Å². The van der Waals surface area contributed by atoms with Crippen molar-refractivity contribution in [3.8, 4) is 0 Å². The van der Waals surface area contributed by atoms with Gasteiger partial charge in [0.25, 0.3) is 0 Å². The minimum atomic E-state index is -1.16. The summed E-state index contributed by atoms with van der Waals surface area (Å²) in [5, 5.41) is 28.8. The first-order chi connectivity index (χ1) is 13.2. The number of hydrogen-bond donors (Lipinski definition) is 3. The largest absolute Gasteiger partial charge is 0.388 e. The van der Waals surface area contributed by atoms with Crippen molar-refractivity contribution in [2.24, 2.45) is 0 Å². The summed E-state index contributed by atoms with van der Waals surface area (Å²) >= 11 is 0. The van der Waals surface area contributed by atoms with Gasteiger partial charge in [0.15, 0.2) is 0 Å². The second kappa shape index (κ2) is 16.5. The molecule has 5 heteroatoms. The van der Waals surface area contributed by atoms with E-state index in [4.69, 9.17) is 9.47 Å². The summed E-state index contributed by atoms with van der Waals surface area (Å²) in [4.78, 5) is 0. The smallest absolute Gasteiger partial charge is 0.111 e. The summed E-state index contributed by atoms with van der Waals surface area (Å²) in [6, 6.07) is 0. The molecule has 0 bridgehead atoms. The molecule has 3 N–H and O–H groups in total. The van der Waals surface area contributed by atoms with Gasteiger partial charge in [-0.15, -0.1) is 0 Å². The SMILES string of the molecule is CCCCCCCCCCCC/C=C/CCOC[C@@H]1OC[C@@H](O)[C@H](O)[C@H]1O. The zero-order chi connectivity index (χ0) is 19.7. The number of rotatable bonds is 16. The fourth-order valence-electron chi connectivity index (χ4n) is 3.35. The number of allylic oxidation sites excluding steroid dienone is 1. The quantitative estimate of drug-likeness (QED) is 0.278.